The summed E-state index contributed by atoms with van der Waals surface area (Å²) >= 11 is 1.42. The molecule has 0 radical (unpaired) electrons. The molecule has 0 aliphatic heterocycles. The molecule has 0 saturated carbocycles. The number of esters is 1. The molecule has 16 heavy (non-hydrogen) atoms. The Morgan fingerprint density at radius 3 is 3.19 bits per heavy atom. The number of ether oxygens (including phenoxy) is 1. The van der Waals surface area contributed by atoms with Gasteiger partial charge in [-0.1, -0.05) is 0 Å². The van der Waals surface area contributed by atoms with Gasteiger partial charge in [-0.15, -0.1) is 11.3 Å². The van der Waals surface area contributed by atoms with Gasteiger partial charge in [-0.25, -0.2) is 14.8 Å². The maximum Gasteiger partial charge on any atom is 0.357 e. The van der Waals surface area contributed by atoms with E-state index >= 15 is 0 Å². The standard InChI is InChI=1S/C11H10N2O2S/c1-2-15-11(14)9-7-16-10(13-9)8-4-3-5-12-6-8/h3-7H,2H2,1H3/p+1. The topological polar surface area (TPSA) is 53.3 Å². The summed E-state index contributed by atoms with van der Waals surface area (Å²) in [6.45, 7) is 2.14. The van der Waals surface area contributed by atoms with Crippen LogP contribution in [0.15, 0.2) is 29.9 Å². The number of hydrogen-bond acceptors (Lipinski definition) is 4. The second-order valence-electron chi connectivity index (χ2n) is 3.05. The van der Waals surface area contributed by atoms with Crippen LogP contribution < -0.4 is 4.98 Å². The van der Waals surface area contributed by atoms with E-state index in [1.165, 1.54) is 11.3 Å². The van der Waals surface area contributed by atoms with Gasteiger partial charge in [0.15, 0.2) is 18.1 Å². The highest BCUT2D eigenvalue weighted by Crippen LogP contribution is 2.22. The highest BCUT2D eigenvalue weighted by molar-refractivity contribution is 7.13. The predicted molar refractivity (Wildman–Crippen MR) is 60.1 cm³/mol. The zero-order valence-corrected chi connectivity index (χ0v) is 9.58. The molecule has 0 aliphatic carbocycles. The van der Waals surface area contributed by atoms with Crippen LogP contribution in [-0.2, 0) is 4.74 Å². The molecular formula is C11H11N2O2S+. The second kappa shape index (κ2) is 4.85. The van der Waals surface area contributed by atoms with Crippen molar-refractivity contribution >= 4 is 17.3 Å². The monoisotopic (exact) mass is 235 g/mol. The van der Waals surface area contributed by atoms with Crippen LogP contribution in [0.2, 0.25) is 0 Å². The van der Waals surface area contributed by atoms with Gasteiger partial charge in [0.2, 0.25) is 0 Å². The van der Waals surface area contributed by atoms with Gasteiger partial charge in [0, 0.05) is 11.4 Å². The summed E-state index contributed by atoms with van der Waals surface area (Å²) in [4.78, 5) is 18.6. The van der Waals surface area contributed by atoms with E-state index in [2.05, 4.69) is 9.97 Å². The lowest BCUT2D eigenvalue weighted by atomic mass is 10.3. The van der Waals surface area contributed by atoms with Gasteiger partial charge in [-0.3, -0.25) is 0 Å². The normalized spacial score (nSPS) is 10.1. The lowest BCUT2D eigenvalue weighted by Crippen LogP contribution is -2.04. The van der Waals surface area contributed by atoms with Gasteiger partial charge < -0.3 is 4.74 Å². The van der Waals surface area contributed by atoms with Crippen molar-refractivity contribution in [3.8, 4) is 10.6 Å². The van der Waals surface area contributed by atoms with Gasteiger partial charge in [0.1, 0.15) is 5.01 Å². The Morgan fingerprint density at radius 2 is 2.50 bits per heavy atom. The van der Waals surface area contributed by atoms with Crippen LogP contribution in [0, 0.1) is 0 Å². The van der Waals surface area contributed by atoms with E-state index in [0.29, 0.717) is 12.3 Å². The Bertz CT molecular complexity index is 482. The fourth-order valence-corrected chi connectivity index (χ4v) is 2.02. The Balaban J connectivity index is 2.23. The van der Waals surface area contributed by atoms with Gasteiger partial charge in [0.05, 0.1) is 12.2 Å². The summed E-state index contributed by atoms with van der Waals surface area (Å²) in [7, 11) is 0. The highest BCUT2D eigenvalue weighted by atomic mass is 32.1. The molecule has 0 aliphatic rings. The number of pyridine rings is 1. The number of nitrogens with zero attached hydrogens (tertiary/aromatic N) is 1. The van der Waals surface area contributed by atoms with Crippen LogP contribution >= 0.6 is 11.3 Å². The molecule has 2 heterocycles. The summed E-state index contributed by atoms with van der Waals surface area (Å²) in [6, 6.07) is 3.82. The van der Waals surface area contributed by atoms with Crippen molar-refractivity contribution in [1.29, 1.82) is 0 Å². The van der Waals surface area contributed by atoms with E-state index in [1.54, 1.807) is 12.3 Å². The number of aromatic nitrogens is 2. The summed E-state index contributed by atoms with van der Waals surface area (Å²) in [5.41, 5.74) is 1.33. The zero-order valence-electron chi connectivity index (χ0n) is 8.77. The average Bonchev–Trinajstić information content (AvgIpc) is 2.80. The third-order valence-corrected chi connectivity index (χ3v) is 2.83. The first-order valence-corrected chi connectivity index (χ1v) is 5.78. The molecular weight excluding hydrogens is 224 g/mol. The maximum absolute atomic E-state index is 11.4. The van der Waals surface area contributed by atoms with Crippen LogP contribution in [0.4, 0.5) is 0 Å². The summed E-state index contributed by atoms with van der Waals surface area (Å²) in [6.07, 6.45) is 3.66. The third-order valence-electron chi connectivity index (χ3n) is 1.94. The molecule has 82 valence electrons. The Morgan fingerprint density at radius 1 is 1.62 bits per heavy atom. The molecule has 0 unspecified atom stereocenters. The second-order valence-corrected chi connectivity index (χ2v) is 3.91. The smallest absolute Gasteiger partial charge is 0.357 e. The SMILES string of the molecule is CCOC(=O)c1csc(-c2ccc[nH+]c2)n1. The lowest BCUT2D eigenvalue weighted by molar-refractivity contribution is -0.377. The Labute approximate surface area is 96.9 Å². The van der Waals surface area contributed by atoms with E-state index in [9.17, 15) is 4.79 Å². The highest BCUT2D eigenvalue weighted by Gasteiger charge is 2.13. The minimum absolute atomic E-state index is 0.366. The van der Waals surface area contributed by atoms with Crippen LogP contribution in [0.1, 0.15) is 17.4 Å². The molecule has 2 aromatic heterocycles. The maximum atomic E-state index is 11.4. The fraction of sp³-hybridized carbons (Fsp3) is 0.182. The van der Waals surface area contributed by atoms with E-state index < -0.39 is 0 Å². The number of hydrogen-bond donors (Lipinski definition) is 0. The van der Waals surface area contributed by atoms with Gasteiger partial charge in [0.25, 0.3) is 0 Å². The van der Waals surface area contributed by atoms with Crippen LogP contribution in [0.3, 0.4) is 0 Å². The zero-order chi connectivity index (χ0) is 11.4. The van der Waals surface area contributed by atoms with Crippen molar-refractivity contribution in [1.82, 2.24) is 4.98 Å². The fourth-order valence-electron chi connectivity index (χ4n) is 1.23. The van der Waals surface area contributed by atoms with Crippen molar-refractivity contribution in [2.45, 2.75) is 6.92 Å². The van der Waals surface area contributed by atoms with Gasteiger partial charge in [-0.05, 0) is 13.0 Å². The van der Waals surface area contributed by atoms with E-state index in [0.717, 1.165) is 10.6 Å². The van der Waals surface area contributed by atoms with Crippen molar-refractivity contribution in [3.05, 3.63) is 35.6 Å². The number of thiazole rings is 1. The molecule has 2 rings (SSSR count). The minimum atomic E-state index is -0.370. The number of aromatic amines is 1. The lowest BCUT2D eigenvalue weighted by Gasteiger charge is -1.95. The summed E-state index contributed by atoms with van der Waals surface area (Å²) in [5, 5.41) is 2.51. The first-order chi connectivity index (χ1) is 7.81. The molecule has 0 atom stereocenters. The average molecular weight is 235 g/mol. The number of rotatable bonds is 3. The Kier molecular flexibility index (Phi) is 3.26. The van der Waals surface area contributed by atoms with Crippen molar-refractivity contribution in [2.24, 2.45) is 0 Å². The summed E-state index contributed by atoms with van der Waals surface area (Å²) in [5.74, 6) is -0.370. The molecule has 0 aromatic carbocycles. The number of carbonyl (C=O) groups is 1. The van der Waals surface area contributed by atoms with E-state index in [-0.39, 0.29) is 5.97 Å². The van der Waals surface area contributed by atoms with Gasteiger partial charge in [-0.2, -0.15) is 0 Å². The molecule has 0 bridgehead atoms. The molecule has 1 N–H and O–H groups in total. The third kappa shape index (κ3) is 2.25. The molecule has 4 nitrogen and oxygen atoms in total. The van der Waals surface area contributed by atoms with Crippen molar-refractivity contribution in [3.63, 3.8) is 0 Å². The molecule has 0 fully saturated rings. The van der Waals surface area contributed by atoms with Crippen molar-refractivity contribution in [2.75, 3.05) is 6.61 Å². The number of H-pyrrole nitrogens is 1. The van der Waals surface area contributed by atoms with E-state index in [1.807, 2.05) is 24.5 Å². The molecule has 0 spiro atoms. The van der Waals surface area contributed by atoms with Crippen molar-refractivity contribution < 1.29 is 14.5 Å². The Hall–Kier alpha value is -1.75. The number of carbonyl (C=O) groups excluding carboxylic acids is 1. The first-order valence-electron chi connectivity index (χ1n) is 4.90. The predicted octanol–water partition coefficient (Wildman–Crippen LogP) is 1.80. The minimum Gasteiger partial charge on any atom is -0.461 e. The molecule has 0 amide bonds. The molecule has 2 aromatic rings. The van der Waals surface area contributed by atoms with E-state index in [4.69, 9.17) is 4.74 Å². The van der Waals surface area contributed by atoms with Crippen LogP contribution in [0.25, 0.3) is 10.6 Å². The first kappa shape index (κ1) is 10.8. The van der Waals surface area contributed by atoms with Crippen LogP contribution in [-0.4, -0.2) is 17.6 Å². The summed E-state index contributed by atoms with van der Waals surface area (Å²) < 4.78 is 4.87. The molecule has 0 saturated heterocycles. The van der Waals surface area contributed by atoms with Crippen LogP contribution in [0.5, 0.6) is 0 Å². The molecule has 5 heteroatoms. The van der Waals surface area contributed by atoms with Gasteiger partial charge >= 0.3 is 5.97 Å². The number of nitrogens with one attached hydrogen (secondary N) is 1. The largest absolute Gasteiger partial charge is 0.461 e. The quantitative estimate of drug-likeness (QED) is 0.762.